The van der Waals surface area contributed by atoms with Gasteiger partial charge in [-0.25, -0.2) is 0 Å². The van der Waals surface area contributed by atoms with Crippen LogP contribution < -0.4 is 4.74 Å². The van der Waals surface area contributed by atoms with Crippen LogP contribution in [0.25, 0.3) is 0 Å². The molecule has 0 heterocycles. The van der Waals surface area contributed by atoms with Gasteiger partial charge in [0.1, 0.15) is 5.75 Å². The largest absolute Gasteiger partial charge is 0.766 e. The Labute approximate surface area is 124 Å². The Morgan fingerprint density at radius 2 is 2.00 bits per heavy atom. The minimum Gasteiger partial charge on any atom is -0.766 e. The summed E-state index contributed by atoms with van der Waals surface area (Å²) < 4.78 is 28.1. The van der Waals surface area contributed by atoms with E-state index in [9.17, 15) is 8.76 Å². The van der Waals surface area contributed by atoms with E-state index < -0.39 is 8.77 Å². The molecule has 5 heteroatoms. The molecule has 0 radical (unpaired) electrons. The maximum absolute atomic E-state index is 11.4. The second kappa shape index (κ2) is 5.91. The lowest BCUT2D eigenvalue weighted by Crippen LogP contribution is -2.00. The molecule has 0 N–H and O–H groups in total. The summed E-state index contributed by atoms with van der Waals surface area (Å²) in [6.45, 7) is 1.95. The number of ether oxygens (including phenoxy) is 1. The summed E-state index contributed by atoms with van der Waals surface area (Å²) in [5.41, 5.74) is 3.05. The fourth-order valence-corrected chi connectivity index (χ4v) is 2.83. The minimum absolute atomic E-state index is 0.177. The molecule has 3 nitrogen and oxygen atoms in total. The molecule has 0 saturated carbocycles. The third-order valence-corrected chi connectivity index (χ3v) is 4.55. The number of rotatable bonds is 4. The predicted octanol–water partition coefficient (Wildman–Crippen LogP) is 2.83. The van der Waals surface area contributed by atoms with Gasteiger partial charge in [0, 0.05) is 4.90 Å². The van der Waals surface area contributed by atoms with Gasteiger partial charge in [0.05, 0.1) is 7.11 Å². The quantitative estimate of drug-likeness (QED) is 0.871. The van der Waals surface area contributed by atoms with Crippen molar-refractivity contribution in [3.63, 3.8) is 0 Å². The topological polar surface area (TPSA) is 49.4 Å². The second-order valence-electron chi connectivity index (χ2n) is 4.57. The highest BCUT2D eigenvalue weighted by Crippen LogP contribution is 2.21. The van der Waals surface area contributed by atoms with Gasteiger partial charge in [0.25, 0.3) is 0 Å². The van der Waals surface area contributed by atoms with E-state index in [0.717, 1.165) is 22.4 Å². The molecule has 0 spiro atoms. The molecule has 2 aromatic carbocycles. The van der Waals surface area contributed by atoms with Crippen molar-refractivity contribution in [1.82, 2.24) is 0 Å². The lowest BCUT2D eigenvalue weighted by Gasteiger charge is -2.14. The van der Waals surface area contributed by atoms with Crippen molar-refractivity contribution in [2.24, 2.45) is 0 Å². The Morgan fingerprint density at radius 1 is 1.25 bits per heavy atom. The third kappa shape index (κ3) is 3.56. The molecule has 0 aliphatic rings. The number of methoxy groups -OCH3 is 1. The Hall–Kier alpha value is -1.43. The molecule has 0 bridgehead atoms. The molecular weight excluding hydrogens is 292 g/mol. The van der Waals surface area contributed by atoms with Gasteiger partial charge in [-0.3, -0.25) is 4.21 Å². The van der Waals surface area contributed by atoms with E-state index in [2.05, 4.69) is 11.2 Å². The van der Waals surface area contributed by atoms with Crippen LogP contribution in [0.2, 0.25) is 0 Å². The van der Waals surface area contributed by atoms with E-state index in [1.165, 1.54) is 0 Å². The van der Waals surface area contributed by atoms with Gasteiger partial charge in [0.15, 0.2) is 0 Å². The number of hydrogen-bond donors (Lipinski definition) is 0. The summed E-state index contributed by atoms with van der Waals surface area (Å²) in [5, 5.41) is 0. The van der Waals surface area contributed by atoms with E-state index in [-0.39, 0.29) is 4.90 Å². The van der Waals surface area contributed by atoms with Crippen molar-refractivity contribution in [2.75, 3.05) is 7.11 Å². The van der Waals surface area contributed by atoms with Crippen molar-refractivity contribution in [3.05, 3.63) is 59.2 Å². The molecule has 1 unspecified atom stereocenters. The van der Waals surface area contributed by atoms with Crippen LogP contribution in [0, 0.1) is 6.92 Å². The maximum atomic E-state index is 11.4. The molecule has 1 atom stereocenters. The van der Waals surface area contributed by atoms with Crippen LogP contribution in [0.15, 0.2) is 47.4 Å². The highest BCUT2D eigenvalue weighted by molar-refractivity contribution is 8.29. The first-order valence-corrected chi connectivity index (χ1v) is 8.49. The zero-order valence-corrected chi connectivity index (χ0v) is 12.9. The van der Waals surface area contributed by atoms with E-state index in [1.54, 1.807) is 25.3 Å². The van der Waals surface area contributed by atoms with Crippen LogP contribution in [-0.2, 0) is 26.4 Å². The molecular formula is C15H15O3S2-. The molecule has 2 rings (SSSR count). The van der Waals surface area contributed by atoms with Gasteiger partial charge >= 0.3 is 0 Å². The molecule has 20 heavy (non-hydrogen) atoms. The summed E-state index contributed by atoms with van der Waals surface area (Å²) in [6, 6.07) is 12.7. The molecule has 0 aliphatic heterocycles. The second-order valence-corrected chi connectivity index (χ2v) is 7.27. The van der Waals surface area contributed by atoms with Gasteiger partial charge in [-0.2, -0.15) is 0 Å². The van der Waals surface area contributed by atoms with E-state index in [4.69, 9.17) is 4.74 Å². The van der Waals surface area contributed by atoms with E-state index in [0.29, 0.717) is 6.42 Å². The fraction of sp³-hybridized carbons (Fsp3) is 0.200. The SMILES string of the molecule is COc1cccc(Cc2cc(S(=O)([O-])=S)ccc2C)c1. The average Bonchev–Trinajstić information content (AvgIpc) is 2.40. The summed E-state index contributed by atoms with van der Waals surface area (Å²) in [7, 11) is -1.97. The predicted molar refractivity (Wildman–Crippen MR) is 81.5 cm³/mol. The standard InChI is InChI=1S/C15H16O3S2/c1-11-6-7-15(20(16,17)19)10-13(11)8-12-4-3-5-14(9-12)18-2/h3-7,9-10H,8H2,1-2H3,(H,16,17,19)/p-1. The highest BCUT2D eigenvalue weighted by Gasteiger charge is 2.05. The molecule has 2 aromatic rings. The van der Waals surface area contributed by atoms with Crippen molar-refractivity contribution in [3.8, 4) is 5.75 Å². The van der Waals surface area contributed by atoms with Gasteiger partial charge in [-0.1, -0.05) is 18.2 Å². The first-order valence-electron chi connectivity index (χ1n) is 6.08. The van der Waals surface area contributed by atoms with Gasteiger partial charge in [-0.05, 0) is 74.3 Å². The fourth-order valence-electron chi connectivity index (χ4n) is 2.00. The number of hydrogen-bond acceptors (Lipinski definition) is 4. The Kier molecular flexibility index (Phi) is 4.42. The smallest absolute Gasteiger partial charge is 0.119 e. The van der Waals surface area contributed by atoms with Crippen LogP contribution in [0.3, 0.4) is 0 Å². The maximum Gasteiger partial charge on any atom is 0.119 e. The van der Waals surface area contributed by atoms with Crippen LogP contribution in [0.5, 0.6) is 5.75 Å². The molecule has 0 aliphatic carbocycles. The molecule has 0 amide bonds. The Balaban J connectivity index is 2.37. The first kappa shape index (κ1) is 15.0. The molecule has 0 saturated heterocycles. The zero-order valence-electron chi connectivity index (χ0n) is 11.3. The first-order chi connectivity index (χ1) is 9.40. The van der Waals surface area contributed by atoms with Crippen molar-refractivity contribution < 1.29 is 13.5 Å². The highest BCUT2D eigenvalue weighted by atomic mass is 32.8. The minimum atomic E-state index is -3.59. The third-order valence-electron chi connectivity index (χ3n) is 3.14. The lowest BCUT2D eigenvalue weighted by molar-refractivity contribution is 0.414. The molecule has 106 valence electrons. The lowest BCUT2D eigenvalue weighted by atomic mass is 10.0. The van der Waals surface area contributed by atoms with Gasteiger partial charge < -0.3 is 9.29 Å². The number of aryl methyl sites for hydroxylation is 1. The summed E-state index contributed by atoms with van der Waals surface area (Å²) in [5.74, 6) is 0.784. The van der Waals surface area contributed by atoms with E-state index in [1.807, 2.05) is 31.2 Å². The summed E-state index contributed by atoms with van der Waals surface area (Å²) in [4.78, 5) is 0.177. The summed E-state index contributed by atoms with van der Waals surface area (Å²) >= 11 is 4.51. The van der Waals surface area contributed by atoms with Crippen LogP contribution in [-0.4, -0.2) is 15.9 Å². The van der Waals surface area contributed by atoms with E-state index >= 15 is 0 Å². The van der Waals surface area contributed by atoms with Gasteiger partial charge in [0.2, 0.25) is 0 Å². The van der Waals surface area contributed by atoms with Crippen LogP contribution in [0.1, 0.15) is 16.7 Å². The monoisotopic (exact) mass is 307 g/mol. The van der Waals surface area contributed by atoms with Crippen molar-refractivity contribution >= 4 is 20.0 Å². The number of benzene rings is 2. The van der Waals surface area contributed by atoms with Crippen molar-refractivity contribution in [2.45, 2.75) is 18.2 Å². The zero-order chi connectivity index (χ0) is 14.8. The van der Waals surface area contributed by atoms with Crippen LogP contribution in [0.4, 0.5) is 0 Å². The molecule has 0 fully saturated rings. The van der Waals surface area contributed by atoms with Crippen LogP contribution >= 0.6 is 0 Å². The molecule has 0 aromatic heterocycles. The summed E-state index contributed by atoms with van der Waals surface area (Å²) in [6.07, 6.45) is 0.641. The Bertz CT molecular complexity index is 722. The Morgan fingerprint density at radius 3 is 2.65 bits per heavy atom. The van der Waals surface area contributed by atoms with Gasteiger partial charge in [-0.15, -0.1) is 0 Å². The van der Waals surface area contributed by atoms with Crippen molar-refractivity contribution in [1.29, 1.82) is 0 Å². The average molecular weight is 307 g/mol. The normalized spacial score (nSPS) is 13.8.